The third-order valence-corrected chi connectivity index (χ3v) is 1.35. The summed E-state index contributed by atoms with van der Waals surface area (Å²) in [6.45, 7) is 7.13. The number of carbonyl (C=O) groups is 2. The number of rotatable bonds is 4. The first kappa shape index (κ1) is 10.4. The van der Waals surface area contributed by atoms with Crippen LogP contribution in [0, 0.1) is 0 Å². The Morgan fingerprint density at radius 1 is 0.909 bits per heavy atom. The molecule has 0 saturated carbocycles. The number of carbonyl (C=O) groups excluding carboxylic acids is 2. The maximum absolute atomic E-state index is 10.5. The van der Waals surface area contributed by atoms with E-state index in [1.165, 1.54) is 0 Å². The van der Waals surface area contributed by atoms with E-state index in [4.69, 9.17) is 0 Å². The number of hydrogen-bond acceptors (Lipinski definition) is 2. The maximum atomic E-state index is 10.5. The molecular formula is C8H14BO2. The van der Waals surface area contributed by atoms with Gasteiger partial charge in [-0.05, 0) is 10.6 Å². The highest BCUT2D eigenvalue weighted by Crippen LogP contribution is 2.31. The highest BCUT2D eigenvalue weighted by molar-refractivity contribution is 6.52. The van der Waals surface area contributed by atoms with Gasteiger partial charge in [0.25, 0.3) is 0 Å². The molecule has 0 bridgehead atoms. The van der Waals surface area contributed by atoms with Gasteiger partial charge in [0.2, 0.25) is 0 Å². The molecule has 0 spiro atoms. The van der Waals surface area contributed by atoms with Gasteiger partial charge in [-0.15, -0.1) is 0 Å². The second kappa shape index (κ2) is 3.20. The summed E-state index contributed by atoms with van der Waals surface area (Å²) in [4.78, 5) is 20.9. The zero-order chi connectivity index (χ0) is 9.12. The topological polar surface area (TPSA) is 34.1 Å². The van der Waals surface area contributed by atoms with Gasteiger partial charge in [-0.2, -0.15) is 0 Å². The molecule has 0 aromatic rings. The van der Waals surface area contributed by atoms with E-state index in [9.17, 15) is 9.59 Å². The summed E-state index contributed by atoms with van der Waals surface area (Å²) in [5.74, 6) is 0. The highest BCUT2D eigenvalue weighted by Gasteiger charge is 2.29. The second-order valence-corrected chi connectivity index (χ2v) is 4.02. The van der Waals surface area contributed by atoms with Crippen LogP contribution in [0.3, 0.4) is 0 Å². The predicted molar refractivity (Wildman–Crippen MR) is 46.0 cm³/mol. The van der Waals surface area contributed by atoms with E-state index in [0.717, 1.165) is 12.6 Å². The van der Waals surface area contributed by atoms with Crippen molar-refractivity contribution in [3.8, 4) is 0 Å². The summed E-state index contributed by atoms with van der Waals surface area (Å²) in [7, 11) is 1.75. The van der Waals surface area contributed by atoms with Crippen molar-refractivity contribution in [2.24, 2.45) is 0 Å². The number of aldehydes is 2. The Bertz CT molecular complexity index is 143. The van der Waals surface area contributed by atoms with E-state index in [2.05, 4.69) is 0 Å². The van der Waals surface area contributed by atoms with Crippen LogP contribution in [0.15, 0.2) is 0 Å². The molecule has 0 aromatic carbocycles. The van der Waals surface area contributed by atoms with Crippen LogP contribution >= 0.6 is 0 Å². The van der Waals surface area contributed by atoms with E-state index in [1.54, 1.807) is 35.0 Å². The van der Waals surface area contributed by atoms with Crippen LogP contribution in [0.2, 0.25) is 10.6 Å². The van der Waals surface area contributed by atoms with Gasteiger partial charge < -0.3 is 9.59 Å². The molecule has 3 heteroatoms. The lowest BCUT2D eigenvalue weighted by atomic mass is 9.42. The van der Waals surface area contributed by atoms with Crippen molar-refractivity contribution in [1.29, 1.82) is 0 Å². The minimum absolute atomic E-state index is 0.510. The second-order valence-electron chi connectivity index (χ2n) is 4.02. The summed E-state index contributed by atoms with van der Waals surface area (Å²) in [5, 5.41) is -1.02. The standard InChI is InChI=1S/C8H14BO2/c1-7(2,5-10)9-8(3,4)6-11/h5-6H,1-4H3. The molecule has 0 aromatic heterocycles. The summed E-state index contributed by atoms with van der Waals surface area (Å²) >= 11 is 0. The summed E-state index contributed by atoms with van der Waals surface area (Å²) in [6.07, 6.45) is 1.69. The van der Waals surface area contributed by atoms with Crippen LogP contribution in [-0.2, 0) is 9.59 Å². The van der Waals surface area contributed by atoms with Crippen molar-refractivity contribution < 1.29 is 9.59 Å². The average molecular weight is 153 g/mol. The van der Waals surface area contributed by atoms with Gasteiger partial charge in [-0.25, -0.2) is 0 Å². The third kappa shape index (κ3) is 3.96. The molecule has 0 aliphatic rings. The van der Waals surface area contributed by atoms with E-state index in [1.807, 2.05) is 0 Å². The van der Waals surface area contributed by atoms with Gasteiger partial charge in [0.15, 0.2) is 0 Å². The molecule has 0 aliphatic carbocycles. The van der Waals surface area contributed by atoms with Crippen LogP contribution in [0.5, 0.6) is 0 Å². The van der Waals surface area contributed by atoms with Gasteiger partial charge in [0.05, 0.1) is 0 Å². The fourth-order valence-corrected chi connectivity index (χ4v) is 1.03. The summed E-state index contributed by atoms with van der Waals surface area (Å²) < 4.78 is 0. The lowest BCUT2D eigenvalue weighted by Gasteiger charge is -2.24. The monoisotopic (exact) mass is 153 g/mol. The Hall–Kier alpha value is -0.595. The summed E-state index contributed by atoms with van der Waals surface area (Å²) in [5.41, 5.74) is 0. The minimum Gasteiger partial charge on any atom is -0.304 e. The first-order chi connectivity index (χ1) is 4.83. The normalized spacial score (nSPS) is 12.4. The molecule has 61 valence electrons. The Morgan fingerprint density at radius 3 is 1.36 bits per heavy atom. The zero-order valence-electron chi connectivity index (χ0n) is 7.55. The predicted octanol–water partition coefficient (Wildman–Crippen LogP) is 1.49. The van der Waals surface area contributed by atoms with Crippen LogP contribution in [0.4, 0.5) is 0 Å². The Balaban J connectivity index is 4.23. The molecule has 0 heterocycles. The molecule has 0 amide bonds. The molecule has 2 nitrogen and oxygen atoms in total. The van der Waals surface area contributed by atoms with Crippen molar-refractivity contribution in [3.63, 3.8) is 0 Å². The molecule has 0 rings (SSSR count). The van der Waals surface area contributed by atoms with E-state index in [0.29, 0.717) is 0 Å². The van der Waals surface area contributed by atoms with E-state index in [-0.39, 0.29) is 0 Å². The first-order valence-corrected chi connectivity index (χ1v) is 3.63. The van der Waals surface area contributed by atoms with Gasteiger partial charge >= 0.3 is 0 Å². The fraction of sp³-hybridized carbons (Fsp3) is 0.750. The third-order valence-electron chi connectivity index (χ3n) is 1.35. The van der Waals surface area contributed by atoms with Crippen molar-refractivity contribution in [3.05, 3.63) is 0 Å². The highest BCUT2D eigenvalue weighted by atomic mass is 16.1. The molecule has 0 N–H and O–H groups in total. The van der Waals surface area contributed by atoms with Crippen LogP contribution in [0.1, 0.15) is 27.7 Å². The van der Waals surface area contributed by atoms with Crippen LogP contribution < -0.4 is 0 Å². The van der Waals surface area contributed by atoms with Crippen LogP contribution in [0.25, 0.3) is 0 Å². The Kier molecular flexibility index (Phi) is 3.03. The van der Waals surface area contributed by atoms with Crippen molar-refractivity contribution in [2.75, 3.05) is 0 Å². The smallest absolute Gasteiger partial charge is 0.143 e. The molecule has 0 unspecified atom stereocenters. The molecule has 11 heavy (non-hydrogen) atoms. The fourth-order valence-electron chi connectivity index (χ4n) is 1.03. The quantitative estimate of drug-likeness (QED) is 0.452. The molecule has 0 aliphatic heterocycles. The van der Waals surface area contributed by atoms with Crippen molar-refractivity contribution in [2.45, 2.75) is 38.3 Å². The zero-order valence-corrected chi connectivity index (χ0v) is 7.55. The Labute approximate surface area is 68.6 Å². The van der Waals surface area contributed by atoms with Gasteiger partial charge in [0, 0.05) is 0 Å². The van der Waals surface area contributed by atoms with Crippen molar-refractivity contribution >= 4 is 19.9 Å². The van der Waals surface area contributed by atoms with Gasteiger partial charge in [-0.1, -0.05) is 27.7 Å². The van der Waals surface area contributed by atoms with E-state index < -0.39 is 10.6 Å². The van der Waals surface area contributed by atoms with Gasteiger partial charge in [-0.3, -0.25) is 0 Å². The Morgan fingerprint density at radius 2 is 1.18 bits per heavy atom. The lowest BCUT2D eigenvalue weighted by Crippen LogP contribution is -2.26. The summed E-state index contributed by atoms with van der Waals surface area (Å²) in [6, 6.07) is 0. The van der Waals surface area contributed by atoms with E-state index >= 15 is 0 Å². The largest absolute Gasteiger partial charge is 0.304 e. The molecule has 0 saturated heterocycles. The lowest BCUT2D eigenvalue weighted by molar-refractivity contribution is -0.110. The van der Waals surface area contributed by atoms with Crippen LogP contribution in [-0.4, -0.2) is 19.9 Å². The van der Waals surface area contributed by atoms with Crippen molar-refractivity contribution in [1.82, 2.24) is 0 Å². The average Bonchev–Trinajstić information content (AvgIpc) is 1.86. The first-order valence-electron chi connectivity index (χ1n) is 3.63. The SMILES string of the molecule is CC(C)([B]C(C)(C)C=O)C=O. The molecule has 0 atom stereocenters. The molecule has 0 fully saturated rings. The number of hydrogen-bond donors (Lipinski definition) is 0. The van der Waals surface area contributed by atoms with Gasteiger partial charge in [0.1, 0.15) is 19.9 Å². The maximum Gasteiger partial charge on any atom is 0.143 e. The molecular weight excluding hydrogens is 139 g/mol. The minimum atomic E-state index is -0.510. The molecule has 1 radical (unpaired) electrons.